The second kappa shape index (κ2) is 20.2. The van der Waals surface area contributed by atoms with E-state index in [1.807, 2.05) is 72.8 Å². The number of hydrogen-bond acceptors (Lipinski definition) is 8. The second-order valence-corrected chi connectivity index (χ2v) is 16.1. The zero-order valence-electron chi connectivity index (χ0n) is 36.5. The Morgan fingerprint density at radius 3 is 0.969 bits per heavy atom. The van der Waals surface area contributed by atoms with Crippen molar-refractivity contribution in [2.24, 2.45) is 0 Å². The minimum Gasteiger partial charge on any atom is -0.493 e. The lowest BCUT2D eigenvalue weighted by Crippen LogP contribution is -2.10. The SMILES string of the molecule is CCCOc1c2cccc1Cc1cccc(c1OCc1cccc(-c3ccccn3)n1)Cc1cccc(c1OCCC)Cc1cccc(c1OCc1cccc(-c3ccccn3)n1)C2. The lowest BCUT2D eigenvalue weighted by atomic mass is 9.91. The van der Waals surface area contributed by atoms with Gasteiger partial charge in [-0.25, -0.2) is 9.97 Å². The molecule has 320 valence electrons. The van der Waals surface area contributed by atoms with Crippen LogP contribution in [0.1, 0.15) is 82.6 Å². The van der Waals surface area contributed by atoms with Gasteiger partial charge in [-0.3, -0.25) is 9.97 Å². The Bertz CT molecular complexity index is 2550. The summed E-state index contributed by atoms with van der Waals surface area (Å²) < 4.78 is 27.3. The van der Waals surface area contributed by atoms with Gasteiger partial charge in [-0.1, -0.05) is 111 Å². The van der Waals surface area contributed by atoms with Crippen molar-refractivity contribution < 1.29 is 18.9 Å². The predicted molar refractivity (Wildman–Crippen MR) is 252 cm³/mol. The number of aromatic nitrogens is 4. The Morgan fingerprint density at radius 2 is 0.656 bits per heavy atom. The van der Waals surface area contributed by atoms with E-state index in [1.54, 1.807) is 12.4 Å². The minimum absolute atomic E-state index is 0.295. The van der Waals surface area contributed by atoms with Gasteiger partial charge < -0.3 is 18.9 Å². The van der Waals surface area contributed by atoms with E-state index in [-0.39, 0.29) is 0 Å². The first-order valence-electron chi connectivity index (χ1n) is 22.3. The summed E-state index contributed by atoms with van der Waals surface area (Å²) in [5.74, 6) is 3.50. The number of ether oxygens (including phenoxy) is 4. The fourth-order valence-electron chi connectivity index (χ4n) is 8.36. The molecule has 9 rings (SSSR count). The number of pyridine rings is 4. The van der Waals surface area contributed by atoms with E-state index in [1.165, 1.54) is 0 Å². The van der Waals surface area contributed by atoms with Crippen LogP contribution in [-0.2, 0) is 38.9 Å². The van der Waals surface area contributed by atoms with Gasteiger partial charge >= 0.3 is 0 Å². The molecule has 1 aliphatic rings. The quantitative estimate of drug-likeness (QED) is 0.107. The molecule has 4 aromatic carbocycles. The first-order chi connectivity index (χ1) is 31.6. The van der Waals surface area contributed by atoms with E-state index < -0.39 is 0 Å². The maximum atomic E-state index is 6.93. The summed E-state index contributed by atoms with van der Waals surface area (Å²) >= 11 is 0. The van der Waals surface area contributed by atoms with E-state index in [0.29, 0.717) is 52.1 Å². The Labute approximate surface area is 376 Å². The third-order valence-electron chi connectivity index (χ3n) is 11.3. The van der Waals surface area contributed by atoms with Gasteiger partial charge in [0.05, 0.1) is 47.4 Å². The summed E-state index contributed by atoms with van der Waals surface area (Å²) in [6.07, 6.45) is 7.79. The van der Waals surface area contributed by atoms with Crippen molar-refractivity contribution in [3.63, 3.8) is 0 Å². The largest absolute Gasteiger partial charge is 0.493 e. The monoisotopic (exact) mass is 844 g/mol. The molecule has 4 heterocycles. The molecular weight excluding hydrogens is 793 g/mol. The number of benzene rings is 4. The van der Waals surface area contributed by atoms with Gasteiger partial charge in [0.1, 0.15) is 36.2 Å². The van der Waals surface area contributed by atoms with Gasteiger partial charge in [-0.2, -0.15) is 0 Å². The molecular formula is C56H52N4O4. The fraction of sp³-hybridized carbons (Fsp3) is 0.214. The molecule has 1 aliphatic carbocycles. The maximum absolute atomic E-state index is 6.93. The van der Waals surface area contributed by atoms with Gasteiger partial charge in [-0.05, 0) is 106 Å². The molecule has 0 spiro atoms. The molecule has 0 aliphatic heterocycles. The van der Waals surface area contributed by atoms with Crippen LogP contribution in [0.25, 0.3) is 22.8 Å². The molecule has 8 aromatic rings. The number of nitrogens with zero attached hydrogens (tertiary/aromatic N) is 4. The standard InChI is InChI=1S/C56H52N4O4/c1-3-31-61-53-39-15-9-16-40(53)34-44-20-12-22-46(56(44)64-38-48-24-14-28-52(60-48)50-26-6-8-30-58-50)36-42-18-10-17-41(54(42)62-32-4-2)35-45-21-11-19-43(33-39)55(45)63-37-47-23-13-27-51(59-47)49-25-5-7-29-57-49/h5-30H,3-4,31-38H2,1-2H3. The van der Waals surface area contributed by atoms with Gasteiger partial charge in [-0.15, -0.1) is 0 Å². The highest BCUT2D eigenvalue weighted by Gasteiger charge is 2.22. The molecule has 0 radical (unpaired) electrons. The molecule has 0 saturated heterocycles. The fourth-order valence-corrected chi connectivity index (χ4v) is 8.36. The van der Waals surface area contributed by atoms with Crippen LogP contribution in [0, 0.1) is 0 Å². The van der Waals surface area contributed by atoms with Crippen molar-refractivity contribution in [2.75, 3.05) is 13.2 Å². The van der Waals surface area contributed by atoms with Crippen LogP contribution in [-0.4, -0.2) is 33.1 Å². The molecule has 0 atom stereocenters. The summed E-state index contributed by atoms with van der Waals surface area (Å²) in [7, 11) is 0. The summed E-state index contributed by atoms with van der Waals surface area (Å²) in [6, 6.07) is 49.8. The predicted octanol–water partition coefficient (Wildman–Crippen LogP) is 12.0. The van der Waals surface area contributed by atoms with Crippen LogP contribution in [0.3, 0.4) is 0 Å². The summed E-state index contributed by atoms with van der Waals surface area (Å²) in [5, 5.41) is 0. The third-order valence-corrected chi connectivity index (χ3v) is 11.3. The lowest BCUT2D eigenvalue weighted by molar-refractivity contribution is 0.293. The number of para-hydroxylation sites is 4. The molecule has 0 N–H and O–H groups in total. The van der Waals surface area contributed by atoms with Crippen molar-refractivity contribution in [3.05, 3.63) is 214 Å². The first-order valence-corrected chi connectivity index (χ1v) is 22.3. The highest BCUT2D eigenvalue weighted by molar-refractivity contribution is 5.57. The minimum atomic E-state index is 0.295. The molecule has 0 fully saturated rings. The van der Waals surface area contributed by atoms with Gasteiger partial charge in [0.25, 0.3) is 0 Å². The number of rotatable bonds is 14. The van der Waals surface area contributed by atoms with E-state index in [4.69, 9.17) is 28.9 Å². The van der Waals surface area contributed by atoms with Gasteiger partial charge in [0, 0.05) is 38.1 Å². The van der Waals surface area contributed by atoms with Crippen molar-refractivity contribution in [1.82, 2.24) is 19.9 Å². The Morgan fingerprint density at radius 1 is 0.344 bits per heavy atom. The Hall–Kier alpha value is -7.32. The third kappa shape index (κ3) is 9.82. The maximum Gasteiger partial charge on any atom is 0.130 e. The lowest BCUT2D eigenvalue weighted by Gasteiger charge is -2.22. The zero-order chi connectivity index (χ0) is 43.5. The van der Waals surface area contributed by atoms with E-state index >= 15 is 0 Å². The molecule has 4 aromatic heterocycles. The average molecular weight is 845 g/mol. The van der Waals surface area contributed by atoms with Crippen LogP contribution in [0.15, 0.2) is 158 Å². The molecule has 64 heavy (non-hydrogen) atoms. The summed E-state index contributed by atoms with van der Waals surface area (Å²) in [4.78, 5) is 19.0. The Balaban J connectivity index is 1.14. The van der Waals surface area contributed by atoms with Crippen LogP contribution >= 0.6 is 0 Å². The smallest absolute Gasteiger partial charge is 0.130 e. The van der Waals surface area contributed by atoms with Crippen LogP contribution in [0.2, 0.25) is 0 Å². The molecule has 8 heteroatoms. The van der Waals surface area contributed by atoms with Crippen molar-refractivity contribution in [3.8, 4) is 45.8 Å². The average Bonchev–Trinajstić information content (AvgIpc) is 3.33. The van der Waals surface area contributed by atoms with E-state index in [0.717, 1.165) is 115 Å². The molecule has 8 nitrogen and oxygen atoms in total. The number of fused-ring (bicyclic) bond motifs is 8. The molecule has 0 amide bonds. The number of hydrogen-bond donors (Lipinski definition) is 0. The molecule has 0 saturated carbocycles. The highest BCUT2D eigenvalue weighted by atomic mass is 16.5. The van der Waals surface area contributed by atoms with E-state index in [2.05, 4.69) is 96.6 Å². The van der Waals surface area contributed by atoms with Gasteiger partial charge in [0.15, 0.2) is 0 Å². The normalized spacial score (nSPS) is 12.0. The summed E-state index contributed by atoms with van der Waals surface area (Å²) in [5.41, 5.74) is 13.6. The summed E-state index contributed by atoms with van der Waals surface area (Å²) in [6.45, 7) is 6.08. The molecule has 0 unspecified atom stereocenters. The van der Waals surface area contributed by atoms with Crippen molar-refractivity contribution in [1.29, 1.82) is 0 Å². The second-order valence-electron chi connectivity index (χ2n) is 16.1. The first kappa shape index (κ1) is 42.0. The van der Waals surface area contributed by atoms with Crippen LogP contribution in [0.5, 0.6) is 23.0 Å². The van der Waals surface area contributed by atoms with Crippen molar-refractivity contribution >= 4 is 0 Å². The van der Waals surface area contributed by atoms with Crippen LogP contribution in [0.4, 0.5) is 0 Å². The van der Waals surface area contributed by atoms with Crippen molar-refractivity contribution in [2.45, 2.75) is 65.6 Å². The van der Waals surface area contributed by atoms with Gasteiger partial charge in [0.2, 0.25) is 0 Å². The topological polar surface area (TPSA) is 88.5 Å². The Kier molecular flexibility index (Phi) is 13.3. The van der Waals surface area contributed by atoms with Crippen LogP contribution < -0.4 is 18.9 Å². The van der Waals surface area contributed by atoms with E-state index in [9.17, 15) is 0 Å². The highest BCUT2D eigenvalue weighted by Crippen LogP contribution is 2.39. The molecule has 8 bridgehead atoms. The zero-order valence-corrected chi connectivity index (χ0v) is 36.5.